The third-order valence-electron chi connectivity index (χ3n) is 6.05. The van der Waals surface area contributed by atoms with E-state index in [0.717, 1.165) is 37.4 Å². The zero-order valence-electron chi connectivity index (χ0n) is 19.7. The number of phenols is 1. The van der Waals surface area contributed by atoms with Gasteiger partial charge in [-0.25, -0.2) is 8.42 Å². The summed E-state index contributed by atoms with van der Waals surface area (Å²) >= 11 is 0. The number of carbonyl (C=O) groups is 1. The van der Waals surface area contributed by atoms with E-state index in [1.807, 2.05) is 42.5 Å². The average molecular weight is 495 g/mol. The molecule has 0 atom stereocenters. The Morgan fingerprint density at radius 3 is 2.17 bits per heavy atom. The molecule has 0 saturated carbocycles. The summed E-state index contributed by atoms with van der Waals surface area (Å²) in [4.78, 5) is 17.0. The van der Waals surface area contributed by atoms with E-state index < -0.39 is 10.0 Å². The fourth-order valence-corrected chi connectivity index (χ4v) is 5.21. The maximum absolute atomic E-state index is 12.9. The van der Waals surface area contributed by atoms with Gasteiger partial charge in [0.25, 0.3) is 0 Å². The highest BCUT2D eigenvalue weighted by atomic mass is 32.2. The van der Waals surface area contributed by atoms with Gasteiger partial charge in [-0.1, -0.05) is 30.3 Å². The van der Waals surface area contributed by atoms with Crippen LogP contribution in [-0.4, -0.2) is 68.4 Å². The average Bonchev–Trinajstić information content (AvgIpc) is 2.86. The summed E-state index contributed by atoms with van der Waals surface area (Å²) in [5, 5.41) is 12.3. The molecule has 3 aromatic carbocycles. The zero-order valence-corrected chi connectivity index (χ0v) is 20.5. The lowest BCUT2D eigenvalue weighted by atomic mass is 10.2. The molecule has 1 amide bonds. The number of hydrogen-bond acceptors (Lipinski definition) is 6. The molecule has 1 aliphatic heterocycles. The molecule has 8 nitrogen and oxygen atoms in total. The molecule has 1 fully saturated rings. The first-order chi connectivity index (χ1) is 16.8. The minimum Gasteiger partial charge on any atom is -0.508 e. The van der Waals surface area contributed by atoms with E-state index >= 15 is 0 Å². The number of piperazine rings is 1. The Bertz CT molecular complexity index is 1220. The normalized spacial score (nSPS) is 14.7. The summed E-state index contributed by atoms with van der Waals surface area (Å²) in [7, 11) is -2.09. The molecule has 1 aliphatic rings. The number of nitrogens with zero attached hydrogens (tertiary/aromatic N) is 3. The van der Waals surface area contributed by atoms with Crippen LogP contribution in [-0.2, 0) is 21.4 Å². The molecule has 0 unspecified atom stereocenters. The Morgan fingerprint density at radius 1 is 0.914 bits per heavy atom. The Balaban J connectivity index is 1.27. The van der Waals surface area contributed by atoms with Gasteiger partial charge >= 0.3 is 0 Å². The molecular weight excluding hydrogens is 464 g/mol. The Kier molecular flexibility index (Phi) is 7.70. The third-order valence-corrected chi connectivity index (χ3v) is 7.87. The van der Waals surface area contributed by atoms with E-state index in [9.17, 15) is 18.3 Å². The topological polar surface area (TPSA) is 93.2 Å². The molecule has 0 radical (unpaired) electrons. The van der Waals surface area contributed by atoms with Crippen molar-refractivity contribution in [1.29, 1.82) is 0 Å². The van der Waals surface area contributed by atoms with E-state index in [1.54, 1.807) is 31.3 Å². The van der Waals surface area contributed by atoms with Crippen molar-refractivity contribution in [3.8, 4) is 5.75 Å². The standard InChI is InChI=1S/C26H30N4O4S/c1-28(19-21-5-3-2-4-6-21)35(33,34)25-13-7-22(8-14-25)27-26(32)20-29-15-17-30(18-16-29)23-9-11-24(31)12-10-23/h2-14,31H,15-20H2,1H3,(H,27,32). The SMILES string of the molecule is CN(Cc1ccccc1)S(=O)(=O)c1ccc(NC(=O)CN2CCN(c3ccc(O)cc3)CC2)cc1. The lowest BCUT2D eigenvalue weighted by molar-refractivity contribution is -0.117. The maximum Gasteiger partial charge on any atom is 0.243 e. The summed E-state index contributed by atoms with van der Waals surface area (Å²) in [5.74, 6) is 0.105. The second-order valence-corrected chi connectivity index (χ2v) is 10.6. The fourth-order valence-electron chi connectivity index (χ4n) is 4.05. The smallest absolute Gasteiger partial charge is 0.243 e. The van der Waals surface area contributed by atoms with E-state index in [0.29, 0.717) is 5.69 Å². The van der Waals surface area contributed by atoms with Crippen molar-refractivity contribution in [3.63, 3.8) is 0 Å². The molecule has 1 saturated heterocycles. The molecular formula is C26H30N4O4S. The molecule has 184 valence electrons. The molecule has 35 heavy (non-hydrogen) atoms. The first kappa shape index (κ1) is 24.7. The molecule has 9 heteroatoms. The quantitative estimate of drug-likeness (QED) is 0.500. The van der Waals surface area contributed by atoms with Crippen LogP contribution >= 0.6 is 0 Å². The predicted molar refractivity (Wildman–Crippen MR) is 137 cm³/mol. The van der Waals surface area contributed by atoms with Crippen LogP contribution in [0.2, 0.25) is 0 Å². The van der Waals surface area contributed by atoms with Gasteiger partial charge in [0.2, 0.25) is 15.9 Å². The first-order valence-corrected chi connectivity index (χ1v) is 12.9. The van der Waals surface area contributed by atoms with Crippen molar-refractivity contribution >= 4 is 27.3 Å². The van der Waals surface area contributed by atoms with Crippen LogP contribution in [0.5, 0.6) is 5.75 Å². The minimum atomic E-state index is -3.64. The number of nitrogens with one attached hydrogen (secondary N) is 1. The first-order valence-electron chi connectivity index (χ1n) is 11.5. The second kappa shape index (κ2) is 10.9. The van der Waals surface area contributed by atoms with Crippen molar-refractivity contribution in [3.05, 3.63) is 84.4 Å². The number of benzene rings is 3. The van der Waals surface area contributed by atoms with Gasteiger partial charge in [-0.2, -0.15) is 4.31 Å². The molecule has 0 bridgehead atoms. The summed E-state index contributed by atoms with van der Waals surface area (Å²) in [6, 6.07) is 22.8. The van der Waals surface area contributed by atoms with E-state index in [1.165, 1.54) is 16.4 Å². The van der Waals surface area contributed by atoms with Crippen LogP contribution in [0.15, 0.2) is 83.8 Å². The minimum absolute atomic E-state index is 0.139. The highest BCUT2D eigenvalue weighted by Gasteiger charge is 2.22. The van der Waals surface area contributed by atoms with Gasteiger partial charge in [0.15, 0.2) is 0 Å². The van der Waals surface area contributed by atoms with E-state index in [-0.39, 0.29) is 29.6 Å². The van der Waals surface area contributed by atoms with Gasteiger partial charge < -0.3 is 15.3 Å². The van der Waals surface area contributed by atoms with Crippen LogP contribution in [0.4, 0.5) is 11.4 Å². The Hall–Kier alpha value is -3.40. The van der Waals surface area contributed by atoms with Gasteiger partial charge in [0.05, 0.1) is 11.4 Å². The second-order valence-electron chi connectivity index (χ2n) is 8.60. The number of hydrogen-bond donors (Lipinski definition) is 2. The molecule has 4 rings (SSSR count). The third kappa shape index (κ3) is 6.39. The van der Waals surface area contributed by atoms with Crippen LogP contribution in [0.25, 0.3) is 0 Å². The van der Waals surface area contributed by atoms with Gasteiger partial charge in [-0.3, -0.25) is 9.69 Å². The van der Waals surface area contributed by atoms with E-state index in [4.69, 9.17) is 0 Å². The van der Waals surface area contributed by atoms with Gasteiger partial charge in [0, 0.05) is 51.1 Å². The van der Waals surface area contributed by atoms with Crippen LogP contribution in [0.1, 0.15) is 5.56 Å². The monoisotopic (exact) mass is 494 g/mol. The van der Waals surface area contributed by atoms with Crippen molar-refractivity contribution in [1.82, 2.24) is 9.21 Å². The lowest BCUT2D eigenvalue weighted by Gasteiger charge is -2.35. The van der Waals surface area contributed by atoms with Crippen LogP contribution < -0.4 is 10.2 Å². The predicted octanol–water partition coefficient (Wildman–Crippen LogP) is 2.97. The summed E-state index contributed by atoms with van der Waals surface area (Å²) < 4.78 is 27.1. The Labute approximate surface area is 206 Å². The molecule has 0 aliphatic carbocycles. The molecule has 0 aromatic heterocycles. The van der Waals surface area contributed by atoms with Gasteiger partial charge in [-0.05, 0) is 54.1 Å². The van der Waals surface area contributed by atoms with Crippen molar-refractivity contribution < 1.29 is 18.3 Å². The number of carbonyl (C=O) groups excluding carboxylic acids is 1. The van der Waals surface area contributed by atoms with Gasteiger partial charge in [0.1, 0.15) is 5.75 Å². The summed E-state index contributed by atoms with van der Waals surface area (Å²) in [6.45, 7) is 3.63. The van der Waals surface area contributed by atoms with Crippen molar-refractivity contribution in [2.24, 2.45) is 0 Å². The number of phenolic OH excluding ortho intramolecular Hbond substituents is 1. The lowest BCUT2D eigenvalue weighted by Crippen LogP contribution is -2.48. The maximum atomic E-state index is 12.9. The van der Waals surface area contributed by atoms with E-state index in [2.05, 4.69) is 15.1 Å². The summed E-state index contributed by atoms with van der Waals surface area (Å²) in [5.41, 5.74) is 2.52. The number of amides is 1. The van der Waals surface area contributed by atoms with Gasteiger partial charge in [-0.15, -0.1) is 0 Å². The van der Waals surface area contributed by atoms with Crippen molar-refractivity contribution in [2.75, 3.05) is 50.0 Å². The highest BCUT2D eigenvalue weighted by Crippen LogP contribution is 2.21. The van der Waals surface area contributed by atoms with Crippen LogP contribution in [0, 0.1) is 0 Å². The number of aromatic hydroxyl groups is 1. The number of rotatable bonds is 8. The molecule has 2 N–H and O–H groups in total. The largest absolute Gasteiger partial charge is 0.508 e. The zero-order chi connectivity index (χ0) is 24.8. The van der Waals surface area contributed by atoms with Crippen LogP contribution in [0.3, 0.4) is 0 Å². The molecule has 0 spiro atoms. The summed E-state index contributed by atoms with van der Waals surface area (Å²) in [6.07, 6.45) is 0. The molecule has 3 aromatic rings. The fraction of sp³-hybridized carbons (Fsp3) is 0.269. The number of anilines is 2. The number of sulfonamides is 1. The highest BCUT2D eigenvalue weighted by molar-refractivity contribution is 7.89. The van der Waals surface area contributed by atoms with Crippen molar-refractivity contribution in [2.45, 2.75) is 11.4 Å². The Morgan fingerprint density at radius 2 is 1.54 bits per heavy atom. The molecule has 1 heterocycles.